The molecule has 9 rings (SSSR count). The van der Waals surface area contributed by atoms with Crippen molar-refractivity contribution in [1.82, 2.24) is 19.3 Å². The maximum atomic E-state index is 5.03. The molecule has 1 aliphatic carbocycles. The van der Waals surface area contributed by atoms with Crippen LogP contribution in [-0.2, 0) is 5.41 Å². The Morgan fingerprint density at radius 2 is 1.23 bits per heavy atom. The van der Waals surface area contributed by atoms with E-state index >= 15 is 0 Å². The molecule has 3 aromatic heterocycles. The second-order valence-corrected chi connectivity index (χ2v) is 11.1. The van der Waals surface area contributed by atoms with Crippen molar-refractivity contribution in [2.45, 2.75) is 5.41 Å². The fraction of sp³-hybridized carbons (Fsp3) is 0.0256. The lowest BCUT2D eigenvalue weighted by Crippen LogP contribution is -2.29. The van der Waals surface area contributed by atoms with Gasteiger partial charge in [-0.05, 0) is 76.3 Å². The van der Waals surface area contributed by atoms with Gasteiger partial charge in [0, 0.05) is 35.1 Å². The molecule has 0 radical (unpaired) electrons. The van der Waals surface area contributed by atoms with Gasteiger partial charge in [-0.1, -0.05) is 91.0 Å². The molecule has 3 heterocycles. The number of aromatic nitrogens is 4. The van der Waals surface area contributed by atoms with Gasteiger partial charge in [-0.25, -0.2) is 4.68 Å². The van der Waals surface area contributed by atoms with Crippen LogP contribution in [-0.4, -0.2) is 19.3 Å². The molecule has 0 unspecified atom stereocenters. The summed E-state index contributed by atoms with van der Waals surface area (Å²) in [6.45, 7) is 0. The minimum atomic E-state index is -0.555. The summed E-state index contributed by atoms with van der Waals surface area (Å²) in [7, 11) is 0. The van der Waals surface area contributed by atoms with Gasteiger partial charge in [-0.2, -0.15) is 5.10 Å². The number of para-hydroxylation sites is 1. The van der Waals surface area contributed by atoms with Gasteiger partial charge in [0.15, 0.2) is 0 Å². The molecule has 5 aromatic carbocycles. The van der Waals surface area contributed by atoms with Gasteiger partial charge < -0.3 is 4.57 Å². The highest BCUT2D eigenvalue weighted by Crippen LogP contribution is 2.56. The van der Waals surface area contributed by atoms with E-state index in [-0.39, 0.29) is 0 Å². The van der Waals surface area contributed by atoms with Crippen LogP contribution in [0.15, 0.2) is 158 Å². The maximum Gasteiger partial charge on any atom is 0.0886 e. The Morgan fingerprint density at radius 1 is 0.512 bits per heavy atom. The zero-order valence-corrected chi connectivity index (χ0v) is 23.3. The molecular weight excluding hydrogens is 524 g/mol. The molecule has 0 aliphatic heterocycles. The summed E-state index contributed by atoms with van der Waals surface area (Å²) >= 11 is 0. The van der Waals surface area contributed by atoms with Crippen molar-refractivity contribution in [1.29, 1.82) is 0 Å². The molecule has 0 saturated heterocycles. The number of nitrogens with zero attached hydrogens (tertiary/aromatic N) is 4. The third-order valence-corrected chi connectivity index (χ3v) is 8.97. The Kier molecular flexibility index (Phi) is 5.08. The third-order valence-electron chi connectivity index (χ3n) is 8.97. The van der Waals surface area contributed by atoms with E-state index in [1.54, 1.807) is 0 Å². The highest BCUT2D eigenvalue weighted by atomic mass is 15.3. The van der Waals surface area contributed by atoms with Crippen LogP contribution in [0, 0.1) is 0 Å². The minimum absolute atomic E-state index is 0.555. The summed E-state index contributed by atoms with van der Waals surface area (Å²) in [5.41, 5.74) is 11.2. The minimum Gasteiger partial charge on any atom is -0.309 e. The second-order valence-electron chi connectivity index (χ2n) is 11.1. The lowest BCUT2D eigenvalue weighted by molar-refractivity contribution is 0.735. The monoisotopic (exact) mass is 550 g/mol. The smallest absolute Gasteiger partial charge is 0.0886 e. The van der Waals surface area contributed by atoms with Crippen molar-refractivity contribution in [3.05, 3.63) is 181 Å². The van der Waals surface area contributed by atoms with Gasteiger partial charge in [0.25, 0.3) is 0 Å². The van der Waals surface area contributed by atoms with E-state index in [0.29, 0.717) is 0 Å². The van der Waals surface area contributed by atoms with E-state index in [0.717, 1.165) is 22.6 Å². The standard InChI is InChI=1S/C39H26N4/c1-4-16-34-30(13-1)31-14-2-5-17-35(31)39(34,38-19-7-8-22-40-38)27-20-21-33-32-15-3-6-18-36(32)43(37(33)25-27)29-12-9-11-28(26-29)42-24-10-23-41-42/h1-26H. The molecule has 4 nitrogen and oxygen atoms in total. The Morgan fingerprint density at radius 3 is 2.00 bits per heavy atom. The summed E-state index contributed by atoms with van der Waals surface area (Å²) in [5, 5.41) is 6.94. The van der Waals surface area contributed by atoms with Gasteiger partial charge in [-0.15, -0.1) is 0 Å². The van der Waals surface area contributed by atoms with Crippen LogP contribution in [0.3, 0.4) is 0 Å². The van der Waals surface area contributed by atoms with Crippen molar-refractivity contribution in [3.63, 3.8) is 0 Å². The molecule has 4 heteroatoms. The summed E-state index contributed by atoms with van der Waals surface area (Å²) in [4.78, 5) is 5.03. The average molecular weight is 551 g/mol. The summed E-state index contributed by atoms with van der Waals surface area (Å²) in [6, 6.07) is 50.1. The lowest BCUT2D eigenvalue weighted by atomic mass is 9.69. The molecule has 8 aromatic rings. The van der Waals surface area contributed by atoms with Crippen LogP contribution in [0.4, 0.5) is 0 Å². The van der Waals surface area contributed by atoms with E-state index in [9.17, 15) is 0 Å². The molecule has 202 valence electrons. The van der Waals surface area contributed by atoms with Crippen LogP contribution in [0.5, 0.6) is 0 Å². The molecule has 0 bridgehead atoms. The maximum absolute atomic E-state index is 5.03. The SMILES string of the molecule is c1ccc(C2(c3ccc4c5ccccc5n(-c5cccc(-n6cccn6)c5)c4c3)c3ccccc3-c3ccccc32)nc1. The van der Waals surface area contributed by atoms with Crippen molar-refractivity contribution in [2.75, 3.05) is 0 Å². The molecule has 0 fully saturated rings. The summed E-state index contributed by atoms with van der Waals surface area (Å²) in [6.07, 6.45) is 5.71. The molecule has 0 N–H and O–H groups in total. The van der Waals surface area contributed by atoms with E-state index in [2.05, 4.69) is 137 Å². The first-order valence-corrected chi connectivity index (χ1v) is 14.6. The number of fused-ring (bicyclic) bond motifs is 6. The quantitative estimate of drug-likeness (QED) is 0.220. The Balaban J connectivity index is 1.39. The topological polar surface area (TPSA) is 35.6 Å². The third kappa shape index (κ3) is 3.32. The van der Waals surface area contributed by atoms with Gasteiger partial charge in [0.05, 0.1) is 27.8 Å². The number of hydrogen-bond acceptors (Lipinski definition) is 2. The Hall–Kier alpha value is -5.74. The van der Waals surface area contributed by atoms with E-state index in [4.69, 9.17) is 4.98 Å². The van der Waals surface area contributed by atoms with Crippen LogP contribution < -0.4 is 0 Å². The molecule has 0 spiro atoms. The fourth-order valence-corrected chi connectivity index (χ4v) is 7.23. The van der Waals surface area contributed by atoms with Crippen LogP contribution in [0.2, 0.25) is 0 Å². The van der Waals surface area contributed by atoms with E-state index < -0.39 is 5.41 Å². The van der Waals surface area contributed by atoms with Crippen LogP contribution in [0.1, 0.15) is 22.4 Å². The predicted octanol–water partition coefficient (Wildman–Crippen LogP) is 8.73. The molecule has 0 amide bonds. The van der Waals surface area contributed by atoms with Crippen LogP contribution >= 0.6 is 0 Å². The van der Waals surface area contributed by atoms with Gasteiger partial charge in [0.1, 0.15) is 0 Å². The van der Waals surface area contributed by atoms with E-state index in [1.165, 1.54) is 44.1 Å². The molecule has 1 aliphatic rings. The molecular formula is C39H26N4. The molecule has 0 atom stereocenters. The number of pyridine rings is 1. The van der Waals surface area contributed by atoms with Crippen LogP contribution in [0.25, 0.3) is 44.3 Å². The first kappa shape index (κ1) is 23.9. The van der Waals surface area contributed by atoms with Crippen molar-refractivity contribution in [2.24, 2.45) is 0 Å². The first-order chi connectivity index (χ1) is 21.3. The first-order valence-electron chi connectivity index (χ1n) is 14.6. The predicted molar refractivity (Wildman–Crippen MR) is 173 cm³/mol. The van der Waals surface area contributed by atoms with Crippen molar-refractivity contribution < 1.29 is 0 Å². The second kappa shape index (κ2) is 9.13. The highest BCUT2D eigenvalue weighted by Gasteiger charge is 2.47. The van der Waals surface area contributed by atoms with Crippen molar-refractivity contribution in [3.8, 4) is 22.5 Å². The summed E-state index contributed by atoms with van der Waals surface area (Å²) < 4.78 is 4.30. The fourth-order valence-electron chi connectivity index (χ4n) is 7.23. The number of benzene rings is 5. The molecule has 43 heavy (non-hydrogen) atoms. The zero-order valence-electron chi connectivity index (χ0n) is 23.3. The van der Waals surface area contributed by atoms with E-state index in [1.807, 2.05) is 35.4 Å². The Bertz CT molecular complexity index is 2250. The largest absolute Gasteiger partial charge is 0.309 e. The highest BCUT2D eigenvalue weighted by molar-refractivity contribution is 6.09. The van der Waals surface area contributed by atoms with Gasteiger partial charge >= 0.3 is 0 Å². The van der Waals surface area contributed by atoms with Gasteiger partial charge in [-0.3, -0.25) is 4.98 Å². The normalized spacial score (nSPS) is 13.3. The Labute approximate surface area is 249 Å². The number of hydrogen-bond donors (Lipinski definition) is 0. The molecule has 0 saturated carbocycles. The lowest BCUT2D eigenvalue weighted by Gasteiger charge is -2.32. The van der Waals surface area contributed by atoms with Crippen molar-refractivity contribution >= 4 is 21.8 Å². The number of rotatable bonds is 4. The zero-order chi connectivity index (χ0) is 28.4. The van der Waals surface area contributed by atoms with Gasteiger partial charge in [0.2, 0.25) is 0 Å². The summed E-state index contributed by atoms with van der Waals surface area (Å²) in [5.74, 6) is 0. The average Bonchev–Trinajstić information content (AvgIpc) is 3.80.